The van der Waals surface area contributed by atoms with E-state index in [0.29, 0.717) is 17.1 Å². The fourth-order valence-electron chi connectivity index (χ4n) is 4.57. The van der Waals surface area contributed by atoms with Crippen molar-refractivity contribution in [1.82, 2.24) is 10.2 Å². The summed E-state index contributed by atoms with van der Waals surface area (Å²) >= 11 is 12.6. The van der Waals surface area contributed by atoms with Crippen LogP contribution in [0, 0.1) is 5.82 Å². The Morgan fingerprint density at radius 1 is 0.884 bits per heavy atom. The maximum absolute atomic E-state index is 15.1. The van der Waals surface area contributed by atoms with Gasteiger partial charge in [0.2, 0.25) is 11.8 Å². The number of hydrogen-bond donors (Lipinski definition) is 1. The molecule has 11 heteroatoms. The van der Waals surface area contributed by atoms with E-state index in [2.05, 4.69) is 5.32 Å². The summed E-state index contributed by atoms with van der Waals surface area (Å²) in [5, 5.41) is 3.43. The Balaban J connectivity index is 1.82. The van der Waals surface area contributed by atoms with Crippen LogP contribution >= 0.6 is 23.2 Å². The predicted molar refractivity (Wildman–Crippen MR) is 167 cm³/mol. The second-order valence-corrected chi connectivity index (χ2v) is 12.3. The Hall–Kier alpha value is -3.92. The van der Waals surface area contributed by atoms with Crippen molar-refractivity contribution in [2.45, 2.75) is 30.8 Å². The number of sulfonamides is 1. The van der Waals surface area contributed by atoms with E-state index in [1.807, 2.05) is 30.3 Å². The van der Waals surface area contributed by atoms with Gasteiger partial charge in [0.05, 0.1) is 10.6 Å². The standard InChI is InChI=1S/C32H30Cl2FN3O4S/c1-2-36-32(40)30(19-23-11-5-3-6-12-23)37(21-24-17-18-25(33)20-27(24)34)31(39)22-38(29-16-10-9-15-28(29)35)43(41,42)26-13-7-4-8-14-26/h3-18,20,30H,2,19,21-22H2,1H3,(H,36,40)/t30-/m0/s1. The number of likely N-dealkylation sites (N-methyl/N-ethyl adjacent to an activating group) is 1. The Morgan fingerprint density at radius 3 is 2.14 bits per heavy atom. The van der Waals surface area contributed by atoms with Crippen LogP contribution in [0.25, 0.3) is 0 Å². The molecule has 0 fully saturated rings. The highest BCUT2D eigenvalue weighted by Gasteiger charge is 2.35. The predicted octanol–water partition coefficient (Wildman–Crippen LogP) is 6.10. The summed E-state index contributed by atoms with van der Waals surface area (Å²) < 4.78 is 43.6. The molecule has 43 heavy (non-hydrogen) atoms. The van der Waals surface area contributed by atoms with Gasteiger partial charge in [-0.3, -0.25) is 13.9 Å². The number of amides is 2. The molecule has 224 valence electrons. The van der Waals surface area contributed by atoms with Gasteiger partial charge in [0.1, 0.15) is 18.4 Å². The first kappa shape index (κ1) is 32.0. The van der Waals surface area contributed by atoms with Crippen LogP contribution in [0.2, 0.25) is 10.0 Å². The number of benzene rings is 4. The minimum atomic E-state index is -4.41. The highest BCUT2D eigenvalue weighted by atomic mass is 35.5. The molecule has 1 N–H and O–H groups in total. The minimum absolute atomic E-state index is 0.122. The van der Waals surface area contributed by atoms with E-state index in [9.17, 15) is 18.0 Å². The molecule has 7 nitrogen and oxygen atoms in total. The van der Waals surface area contributed by atoms with Crippen molar-refractivity contribution in [2.24, 2.45) is 0 Å². The van der Waals surface area contributed by atoms with Gasteiger partial charge in [0, 0.05) is 29.6 Å². The Bertz CT molecular complexity index is 1670. The van der Waals surface area contributed by atoms with E-state index in [1.54, 1.807) is 25.1 Å². The quantitative estimate of drug-likeness (QED) is 0.202. The van der Waals surface area contributed by atoms with Crippen molar-refractivity contribution < 1.29 is 22.4 Å². The summed E-state index contributed by atoms with van der Waals surface area (Å²) in [5.74, 6) is -2.00. The first-order chi connectivity index (χ1) is 20.6. The summed E-state index contributed by atoms with van der Waals surface area (Å²) in [6.07, 6.45) is 0.134. The van der Waals surface area contributed by atoms with Crippen molar-refractivity contribution in [3.05, 3.63) is 130 Å². The third-order valence-electron chi connectivity index (χ3n) is 6.71. The molecule has 0 aliphatic heterocycles. The van der Waals surface area contributed by atoms with E-state index in [4.69, 9.17) is 23.2 Å². The van der Waals surface area contributed by atoms with Crippen molar-refractivity contribution >= 4 is 50.7 Å². The molecule has 2 amide bonds. The molecule has 0 aliphatic rings. The average Bonchev–Trinajstić information content (AvgIpc) is 3.00. The Labute approximate surface area is 260 Å². The number of rotatable bonds is 12. The SMILES string of the molecule is CCNC(=O)[C@H](Cc1ccccc1)N(Cc1ccc(Cl)cc1Cl)C(=O)CN(c1ccccc1F)S(=O)(=O)c1ccccc1. The normalized spacial score (nSPS) is 11.9. The highest BCUT2D eigenvalue weighted by molar-refractivity contribution is 7.92. The molecule has 0 heterocycles. The molecule has 0 aromatic heterocycles. The lowest BCUT2D eigenvalue weighted by Crippen LogP contribution is -2.53. The van der Waals surface area contributed by atoms with Gasteiger partial charge in [0.25, 0.3) is 10.0 Å². The molecule has 4 rings (SSSR count). The molecule has 0 saturated carbocycles. The van der Waals surface area contributed by atoms with Gasteiger partial charge in [-0.25, -0.2) is 12.8 Å². The number of carbonyl (C=O) groups excluding carboxylic acids is 2. The van der Waals surface area contributed by atoms with Crippen LogP contribution in [-0.2, 0) is 32.6 Å². The molecule has 0 bridgehead atoms. The van der Waals surface area contributed by atoms with Crippen LogP contribution in [0.1, 0.15) is 18.1 Å². The van der Waals surface area contributed by atoms with E-state index in [1.165, 1.54) is 53.4 Å². The second-order valence-electron chi connectivity index (χ2n) is 9.63. The van der Waals surface area contributed by atoms with Gasteiger partial charge in [-0.05, 0) is 54.4 Å². The topological polar surface area (TPSA) is 86.8 Å². The summed E-state index contributed by atoms with van der Waals surface area (Å²) in [6.45, 7) is 1.14. The summed E-state index contributed by atoms with van der Waals surface area (Å²) in [4.78, 5) is 28.9. The van der Waals surface area contributed by atoms with Crippen molar-refractivity contribution in [3.8, 4) is 0 Å². The molecule has 1 atom stereocenters. The number of para-hydroxylation sites is 1. The maximum Gasteiger partial charge on any atom is 0.264 e. The fourth-order valence-corrected chi connectivity index (χ4v) is 6.48. The van der Waals surface area contributed by atoms with Gasteiger partial charge < -0.3 is 10.2 Å². The summed E-state index contributed by atoms with van der Waals surface area (Å²) in [6, 6.07) is 25.6. The third kappa shape index (κ3) is 7.93. The van der Waals surface area contributed by atoms with E-state index >= 15 is 4.39 Å². The van der Waals surface area contributed by atoms with Crippen LogP contribution < -0.4 is 9.62 Å². The van der Waals surface area contributed by atoms with Crippen LogP contribution in [0.5, 0.6) is 0 Å². The molecule has 0 unspecified atom stereocenters. The minimum Gasteiger partial charge on any atom is -0.355 e. The molecule has 0 radical (unpaired) electrons. The molecule has 0 saturated heterocycles. The van der Waals surface area contributed by atoms with Gasteiger partial charge in [-0.2, -0.15) is 0 Å². The van der Waals surface area contributed by atoms with Crippen LogP contribution in [-0.4, -0.2) is 44.3 Å². The molecule has 4 aromatic rings. The monoisotopic (exact) mass is 641 g/mol. The highest BCUT2D eigenvalue weighted by Crippen LogP contribution is 2.28. The van der Waals surface area contributed by atoms with Crippen LogP contribution in [0.3, 0.4) is 0 Å². The van der Waals surface area contributed by atoms with Gasteiger partial charge in [0.15, 0.2) is 0 Å². The molecular formula is C32H30Cl2FN3O4S. The van der Waals surface area contributed by atoms with Crippen LogP contribution in [0.15, 0.2) is 108 Å². The van der Waals surface area contributed by atoms with Crippen molar-refractivity contribution in [1.29, 1.82) is 0 Å². The van der Waals surface area contributed by atoms with Gasteiger partial charge >= 0.3 is 0 Å². The van der Waals surface area contributed by atoms with Crippen LogP contribution in [0.4, 0.5) is 10.1 Å². The van der Waals surface area contributed by atoms with E-state index in [-0.39, 0.29) is 28.6 Å². The van der Waals surface area contributed by atoms with Gasteiger partial charge in [-0.15, -0.1) is 0 Å². The first-order valence-corrected chi connectivity index (χ1v) is 15.7. The number of anilines is 1. The Morgan fingerprint density at radius 2 is 1.51 bits per heavy atom. The fraction of sp³-hybridized carbons (Fsp3) is 0.188. The largest absolute Gasteiger partial charge is 0.355 e. The average molecular weight is 643 g/mol. The third-order valence-corrected chi connectivity index (χ3v) is 9.07. The number of carbonyl (C=O) groups is 2. The smallest absolute Gasteiger partial charge is 0.264 e. The number of nitrogens with zero attached hydrogens (tertiary/aromatic N) is 2. The Kier molecular flexibility index (Phi) is 10.8. The second kappa shape index (κ2) is 14.5. The zero-order valence-corrected chi connectivity index (χ0v) is 25.6. The molecule has 0 spiro atoms. The van der Waals surface area contributed by atoms with Gasteiger partial charge in [-0.1, -0.05) is 89.9 Å². The molecule has 4 aromatic carbocycles. The lowest BCUT2D eigenvalue weighted by Gasteiger charge is -2.34. The molecule has 0 aliphatic carbocycles. The summed E-state index contributed by atoms with van der Waals surface area (Å²) in [5.41, 5.74) is 0.966. The molecular weight excluding hydrogens is 612 g/mol. The summed E-state index contributed by atoms with van der Waals surface area (Å²) in [7, 11) is -4.41. The van der Waals surface area contributed by atoms with Crippen molar-refractivity contribution in [3.63, 3.8) is 0 Å². The zero-order chi connectivity index (χ0) is 31.0. The lowest BCUT2D eigenvalue weighted by atomic mass is 10.0. The number of halogens is 3. The lowest BCUT2D eigenvalue weighted by molar-refractivity contribution is -0.140. The number of nitrogens with one attached hydrogen (secondary N) is 1. The van der Waals surface area contributed by atoms with E-state index < -0.39 is 40.2 Å². The number of hydrogen-bond acceptors (Lipinski definition) is 4. The van der Waals surface area contributed by atoms with Crippen molar-refractivity contribution in [2.75, 3.05) is 17.4 Å². The first-order valence-electron chi connectivity index (χ1n) is 13.5. The maximum atomic E-state index is 15.1. The zero-order valence-electron chi connectivity index (χ0n) is 23.3. The van der Waals surface area contributed by atoms with E-state index in [0.717, 1.165) is 15.9 Å².